The van der Waals surface area contributed by atoms with Gasteiger partial charge in [0.1, 0.15) is 5.75 Å². The van der Waals surface area contributed by atoms with Crippen molar-refractivity contribution in [3.05, 3.63) is 60.5 Å². The summed E-state index contributed by atoms with van der Waals surface area (Å²) in [7, 11) is 0. The maximum atomic E-state index is 12.3. The van der Waals surface area contributed by atoms with Gasteiger partial charge in [0, 0.05) is 36.7 Å². The first kappa shape index (κ1) is 22.3. The van der Waals surface area contributed by atoms with Crippen LogP contribution in [0.4, 0.5) is 5.69 Å². The fourth-order valence-corrected chi connectivity index (χ4v) is 3.08. The van der Waals surface area contributed by atoms with Gasteiger partial charge in [0.2, 0.25) is 17.6 Å². The van der Waals surface area contributed by atoms with Gasteiger partial charge in [-0.05, 0) is 49.2 Å². The number of aryl methyl sites for hydroxylation is 1. The number of hydrogen-bond acceptors (Lipinski definition) is 6. The zero-order chi connectivity index (χ0) is 22.1. The van der Waals surface area contributed by atoms with Crippen LogP contribution in [0.5, 0.6) is 5.75 Å². The minimum absolute atomic E-state index is 0.0404. The van der Waals surface area contributed by atoms with Crippen molar-refractivity contribution in [1.29, 1.82) is 0 Å². The summed E-state index contributed by atoms with van der Waals surface area (Å²) in [6, 6.07) is 17.7. The van der Waals surface area contributed by atoms with Crippen LogP contribution < -0.4 is 15.4 Å². The largest absolute Gasteiger partial charge is 0.494 e. The minimum atomic E-state index is -0.0404. The first-order valence-corrected chi connectivity index (χ1v) is 10.7. The number of carbonyl (C=O) groups excluding carboxylic acids is 1. The molecule has 0 spiro atoms. The maximum Gasteiger partial charge on any atom is 0.227 e. The molecule has 2 aromatic carbocycles. The molecule has 1 atom stereocenters. The number of ether oxygens (including phenoxy) is 1. The summed E-state index contributed by atoms with van der Waals surface area (Å²) in [5, 5.41) is 10.5. The van der Waals surface area contributed by atoms with Crippen molar-refractivity contribution in [3.8, 4) is 17.1 Å². The van der Waals surface area contributed by atoms with Crippen molar-refractivity contribution < 1.29 is 14.1 Å². The third kappa shape index (κ3) is 6.84. The molecule has 31 heavy (non-hydrogen) atoms. The Hall–Kier alpha value is -3.35. The van der Waals surface area contributed by atoms with Crippen LogP contribution in [0.2, 0.25) is 0 Å². The Morgan fingerprint density at radius 2 is 1.84 bits per heavy atom. The summed E-state index contributed by atoms with van der Waals surface area (Å²) in [6.07, 6.45) is 0.690. The van der Waals surface area contributed by atoms with E-state index in [1.54, 1.807) is 0 Å². The summed E-state index contributed by atoms with van der Waals surface area (Å²) in [4.78, 5) is 16.7. The van der Waals surface area contributed by atoms with E-state index >= 15 is 0 Å². The highest BCUT2D eigenvalue weighted by Crippen LogP contribution is 2.20. The van der Waals surface area contributed by atoms with E-state index in [2.05, 4.69) is 34.6 Å². The van der Waals surface area contributed by atoms with Crippen LogP contribution in [0.25, 0.3) is 11.4 Å². The van der Waals surface area contributed by atoms with E-state index in [9.17, 15) is 4.79 Å². The average Bonchev–Trinajstić information content (AvgIpc) is 3.25. The summed E-state index contributed by atoms with van der Waals surface area (Å²) in [5.41, 5.74) is 1.89. The lowest BCUT2D eigenvalue weighted by Gasteiger charge is -2.24. The van der Waals surface area contributed by atoms with Crippen LogP contribution in [0.3, 0.4) is 0 Å². The van der Waals surface area contributed by atoms with Crippen LogP contribution in [0, 0.1) is 5.92 Å². The molecule has 7 heteroatoms. The topological polar surface area (TPSA) is 89.3 Å². The Morgan fingerprint density at radius 1 is 1.10 bits per heavy atom. The minimum Gasteiger partial charge on any atom is -0.494 e. The molecule has 1 aromatic heterocycles. The second-order valence-electron chi connectivity index (χ2n) is 7.63. The van der Waals surface area contributed by atoms with Gasteiger partial charge < -0.3 is 19.9 Å². The van der Waals surface area contributed by atoms with Gasteiger partial charge in [-0.2, -0.15) is 4.98 Å². The third-order valence-electron chi connectivity index (χ3n) is 4.91. The van der Waals surface area contributed by atoms with Gasteiger partial charge in [0.25, 0.3) is 0 Å². The van der Waals surface area contributed by atoms with Gasteiger partial charge in [0.15, 0.2) is 0 Å². The van der Waals surface area contributed by atoms with Crippen molar-refractivity contribution in [3.63, 3.8) is 0 Å². The number of hydrogen-bond donors (Lipinski definition) is 2. The zero-order valence-corrected chi connectivity index (χ0v) is 18.3. The van der Waals surface area contributed by atoms with Crippen molar-refractivity contribution >= 4 is 11.6 Å². The molecule has 0 saturated carbocycles. The van der Waals surface area contributed by atoms with Crippen LogP contribution in [-0.4, -0.2) is 35.2 Å². The van der Waals surface area contributed by atoms with Crippen LogP contribution >= 0.6 is 0 Å². The van der Waals surface area contributed by atoms with Crippen molar-refractivity contribution in [2.75, 3.05) is 18.5 Å². The second kappa shape index (κ2) is 11.2. The predicted octanol–water partition coefficient (Wildman–Crippen LogP) is 4.32. The Bertz CT molecular complexity index is 939. The molecular formula is C24H30N4O3. The number of nitrogens with one attached hydrogen (secondary N) is 2. The normalized spacial score (nSPS) is 11.9. The summed E-state index contributed by atoms with van der Waals surface area (Å²) < 4.78 is 10.7. The number of nitrogens with zero attached hydrogens (tertiary/aromatic N) is 2. The van der Waals surface area contributed by atoms with Gasteiger partial charge in [-0.15, -0.1) is 0 Å². The summed E-state index contributed by atoms with van der Waals surface area (Å²) in [6.45, 7) is 7.38. The fraction of sp³-hybridized carbons (Fsp3) is 0.375. The molecule has 0 fully saturated rings. The molecule has 0 bridgehead atoms. The molecule has 3 aromatic rings. The van der Waals surface area contributed by atoms with Gasteiger partial charge >= 0.3 is 0 Å². The summed E-state index contributed by atoms with van der Waals surface area (Å²) >= 11 is 0. The first-order valence-electron chi connectivity index (χ1n) is 10.7. The molecule has 7 nitrogen and oxygen atoms in total. The van der Waals surface area contributed by atoms with E-state index in [1.165, 1.54) is 0 Å². The zero-order valence-electron chi connectivity index (χ0n) is 18.3. The Balaban J connectivity index is 1.47. The molecule has 2 N–H and O–H groups in total. The number of benzene rings is 2. The van der Waals surface area contributed by atoms with E-state index in [0.717, 1.165) is 17.0 Å². The monoisotopic (exact) mass is 422 g/mol. The smallest absolute Gasteiger partial charge is 0.227 e. The highest BCUT2D eigenvalue weighted by Gasteiger charge is 2.15. The Morgan fingerprint density at radius 3 is 2.52 bits per heavy atom. The number of amides is 1. The average molecular weight is 423 g/mol. The molecule has 1 unspecified atom stereocenters. The molecule has 0 radical (unpaired) electrons. The number of carbonyl (C=O) groups is 1. The highest BCUT2D eigenvalue weighted by atomic mass is 16.5. The lowest BCUT2D eigenvalue weighted by atomic mass is 10.0. The van der Waals surface area contributed by atoms with E-state index in [-0.39, 0.29) is 11.9 Å². The Kier molecular flexibility index (Phi) is 8.04. The SMILES string of the molecule is CCOc1ccc(-c2noc(CCC(=O)NCC(Nc3ccccc3)C(C)C)n2)cc1. The van der Waals surface area contributed by atoms with Gasteiger partial charge in [-0.3, -0.25) is 4.79 Å². The molecule has 0 aliphatic carbocycles. The van der Waals surface area contributed by atoms with Crippen molar-refractivity contribution in [1.82, 2.24) is 15.5 Å². The van der Waals surface area contributed by atoms with Crippen LogP contribution in [-0.2, 0) is 11.2 Å². The third-order valence-corrected chi connectivity index (χ3v) is 4.91. The lowest BCUT2D eigenvalue weighted by molar-refractivity contribution is -0.121. The summed E-state index contributed by atoms with van der Waals surface area (Å²) in [5.74, 6) is 2.08. The molecule has 0 aliphatic heterocycles. The van der Waals surface area contributed by atoms with E-state index in [0.29, 0.717) is 43.6 Å². The number of rotatable bonds is 11. The highest BCUT2D eigenvalue weighted by molar-refractivity contribution is 5.76. The number of para-hydroxylation sites is 1. The van der Waals surface area contributed by atoms with Crippen LogP contribution in [0.1, 0.15) is 33.1 Å². The molecule has 0 saturated heterocycles. The number of anilines is 1. The molecular weight excluding hydrogens is 392 g/mol. The van der Waals surface area contributed by atoms with Crippen molar-refractivity contribution in [2.24, 2.45) is 5.92 Å². The predicted molar refractivity (Wildman–Crippen MR) is 121 cm³/mol. The second-order valence-corrected chi connectivity index (χ2v) is 7.63. The lowest BCUT2D eigenvalue weighted by Crippen LogP contribution is -2.39. The maximum absolute atomic E-state index is 12.3. The Labute approximate surface area is 183 Å². The standard InChI is InChI=1S/C24H30N4O3/c1-4-30-20-12-10-18(11-13-20)24-27-23(31-28-24)15-14-22(29)25-16-21(17(2)3)26-19-8-6-5-7-9-19/h5-13,17,21,26H,4,14-16H2,1-3H3,(H,25,29). The van der Waals surface area contributed by atoms with E-state index in [1.807, 2.05) is 61.5 Å². The first-order chi connectivity index (χ1) is 15.0. The van der Waals surface area contributed by atoms with Crippen molar-refractivity contribution in [2.45, 2.75) is 39.7 Å². The fourth-order valence-electron chi connectivity index (χ4n) is 3.08. The van der Waals surface area contributed by atoms with Crippen LogP contribution in [0.15, 0.2) is 59.1 Å². The van der Waals surface area contributed by atoms with Gasteiger partial charge in [0.05, 0.1) is 6.61 Å². The van der Waals surface area contributed by atoms with E-state index < -0.39 is 0 Å². The molecule has 0 aliphatic rings. The van der Waals surface area contributed by atoms with Gasteiger partial charge in [-0.25, -0.2) is 0 Å². The van der Waals surface area contributed by atoms with E-state index in [4.69, 9.17) is 9.26 Å². The molecule has 164 valence electrons. The molecule has 1 amide bonds. The van der Waals surface area contributed by atoms with Gasteiger partial charge in [-0.1, -0.05) is 37.2 Å². The molecule has 3 rings (SSSR count). The number of aromatic nitrogens is 2. The molecule has 1 heterocycles. The quantitative estimate of drug-likeness (QED) is 0.478.